The van der Waals surface area contributed by atoms with Gasteiger partial charge in [-0.25, -0.2) is 4.68 Å². The fourth-order valence-corrected chi connectivity index (χ4v) is 1.47. The minimum Gasteiger partial charge on any atom is -0.382 e. The van der Waals surface area contributed by atoms with Gasteiger partial charge in [-0.05, 0) is 5.56 Å². The summed E-state index contributed by atoms with van der Waals surface area (Å²) in [5, 5.41) is 0. The molecule has 0 radical (unpaired) electrons. The van der Waals surface area contributed by atoms with Crippen LogP contribution in [0.2, 0.25) is 0 Å². The molecule has 0 atom stereocenters. The van der Waals surface area contributed by atoms with Crippen LogP contribution in [0.1, 0.15) is 11.3 Å². The Balaban J connectivity index is 2.32. The molecule has 1 aromatic carbocycles. The van der Waals surface area contributed by atoms with Gasteiger partial charge in [-0.1, -0.05) is 30.3 Å². The Morgan fingerprint density at radius 1 is 1.13 bits per heavy atom. The molecule has 0 aliphatic rings. The van der Waals surface area contributed by atoms with Gasteiger partial charge in [0.1, 0.15) is 5.82 Å². The first kappa shape index (κ1) is 9.39. The lowest BCUT2D eigenvalue weighted by molar-refractivity contribution is 0.924. The van der Waals surface area contributed by atoms with Crippen LogP contribution in [-0.2, 0) is 6.42 Å². The van der Waals surface area contributed by atoms with Crippen molar-refractivity contribution < 1.29 is 0 Å². The summed E-state index contributed by atoms with van der Waals surface area (Å²) >= 11 is 0. The van der Waals surface area contributed by atoms with Crippen molar-refractivity contribution in [3.63, 3.8) is 0 Å². The van der Waals surface area contributed by atoms with Crippen LogP contribution in [0.4, 0.5) is 11.8 Å². The fraction of sp³-hybridized carbons (Fsp3) is 0.100. The summed E-state index contributed by atoms with van der Waals surface area (Å²) in [7, 11) is 0. The molecule has 0 saturated heterocycles. The molecule has 1 aromatic heterocycles. The molecule has 0 unspecified atom stereocenters. The molecular weight excluding hydrogens is 190 g/mol. The SMILES string of the molecule is Nc1nc(N)n(N)c1Cc1ccccc1. The minimum atomic E-state index is 0.235. The van der Waals surface area contributed by atoms with Crippen molar-refractivity contribution in [3.8, 4) is 0 Å². The van der Waals surface area contributed by atoms with Crippen molar-refractivity contribution in [2.45, 2.75) is 6.42 Å². The first-order valence-corrected chi connectivity index (χ1v) is 4.60. The summed E-state index contributed by atoms with van der Waals surface area (Å²) in [6.07, 6.45) is 0.632. The van der Waals surface area contributed by atoms with Gasteiger partial charge in [-0.3, -0.25) is 0 Å². The number of aromatic nitrogens is 2. The molecule has 2 rings (SSSR count). The smallest absolute Gasteiger partial charge is 0.221 e. The van der Waals surface area contributed by atoms with Crippen molar-refractivity contribution >= 4 is 11.8 Å². The number of imidazole rings is 1. The molecule has 0 fully saturated rings. The second-order valence-corrected chi connectivity index (χ2v) is 3.33. The number of hydrogen-bond acceptors (Lipinski definition) is 4. The lowest BCUT2D eigenvalue weighted by Crippen LogP contribution is -2.15. The van der Waals surface area contributed by atoms with Gasteiger partial charge in [-0.2, -0.15) is 4.98 Å². The summed E-state index contributed by atoms with van der Waals surface area (Å²) in [5.74, 6) is 6.32. The van der Waals surface area contributed by atoms with Gasteiger partial charge in [0.2, 0.25) is 5.95 Å². The van der Waals surface area contributed by atoms with Crippen molar-refractivity contribution in [2.24, 2.45) is 0 Å². The molecule has 0 bridgehead atoms. The van der Waals surface area contributed by atoms with E-state index in [0.29, 0.717) is 12.2 Å². The zero-order valence-corrected chi connectivity index (χ0v) is 8.22. The highest BCUT2D eigenvalue weighted by Gasteiger charge is 2.10. The summed E-state index contributed by atoms with van der Waals surface area (Å²) in [5.41, 5.74) is 13.1. The van der Waals surface area contributed by atoms with Crippen LogP contribution in [0, 0.1) is 0 Å². The average molecular weight is 203 g/mol. The van der Waals surface area contributed by atoms with Crippen molar-refractivity contribution in [1.82, 2.24) is 9.66 Å². The predicted octanol–water partition coefficient (Wildman–Crippen LogP) is 0.352. The summed E-state index contributed by atoms with van der Waals surface area (Å²) in [4.78, 5) is 3.90. The molecule has 0 aliphatic carbocycles. The third-order valence-electron chi connectivity index (χ3n) is 2.28. The molecule has 0 aliphatic heterocycles. The molecule has 6 N–H and O–H groups in total. The van der Waals surface area contributed by atoms with E-state index in [1.165, 1.54) is 4.68 Å². The Kier molecular flexibility index (Phi) is 2.21. The highest BCUT2D eigenvalue weighted by atomic mass is 15.4. The molecule has 0 amide bonds. The standard InChI is InChI=1S/C10H13N5/c11-9-8(15(13)10(12)14-9)6-7-4-2-1-3-5-7/h1-5H,6,11,13H2,(H2,12,14). The topological polar surface area (TPSA) is 95.9 Å². The van der Waals surface area contributed by atoms with E-state index in [9.17, 15) is 0 Å². The maximum Gasteiger partial charge on any atom is 0.221 e. The van der Waals surface area contributed by atoms with Gasteiger partial charge in [0, 0.05) is 6.42 Å². The second-order valence-electron chi connectivity index (χ2n) is 3.33. The highest BCUT2D eigenvalue weighted by Crippen LogP contribution is 2.16. The Labute approximate surface area is 87.5 Å². The van der Waals surface area contributed by atoms with E-state index in [4.69, 9.17) is 17.3 Å². The minimum absolute atomic E-state index is 0.235. The van der Waals surface area contributed by atoms with Crippen LogP contribution >= 0.6 is 0 Å². The number of hydrogen-bond donors (Lipinski definition) is 3. The third-order valence-corrected chi connectivity index (χ3v) is 2.28. The van der Waals surface area contributed by atoms with Gasteiger partial charge in [-0.15, -0.1) is 0 Å². The molecule has 5 heteroatoms. The molecule has 2 aromatic rings. The van der Waals surface area contributed by atoms with Crippen molar-refractivity contribution in [2.75, 3.05) is 17.3 Å². The lowest BCUT2D eigenvalue weighted by atomic mass is 10.1. The third kappa shape index (κ3) is 1.71. The number of nitrogens with two attached hydrogens (primary N) is 3. The summed E-state index contributed by atoms with van der Waals surface area (Å²) in [6, 6.07) is 9.89. The van der Waals surface area contributed by atoms with Gasteiger partial charge in [0.05, 0.1) is 5.69 Å². The van der Waals surface area contributed by atoms with E-state index in [1.807, 2.05) is 30.3 Å². The Morgan fingerprint density at radius 2 is 1.80 bits per heavy atom. The van der Waals surface area contributed by atoms with E-state index in [-0.39, 0.29) is 5.95 Å². The number of benzene rings is 1. The maximum atomic E-state index is 5.70. The first-order chi connectivity index (χ1) is 7.18. The normalized spacial score (nSPS) is 10.4. The van der Waals surface area contributed by atoms with Crippen molar-refractivity contribution in [3.05, 3.63) is 41.6 Å². The van der Waals surface area contributed by atoms with Crippen LogP contribution < -0.4 is 17.3 Å². The number of anilines is 2. The molecule has 1 heterocycles. The summed E-state index contributed by atoms with van der Waals surface area (Å²) < 4.78 is 1.32. The van der Waals surface area contributed by atoms with Crippen LogP contribution in [-0.4, -0.2) is 9.66 Å². The van der Waals surface area contributed by atoms with E-state index >= 15 is 0 Å². The monoisotopic (exact) mass is 203 g/mol. The van der Waals surface area contributed by atoms with Crippen LogP contribution in [0.3, 0.4) is 0 Å². The number of rotatable bonds is 2. The van der Waals surface area contributed by atoms with Crippen LogP contribution in [0.5, 0.6) is 0 Å². The lowest BCUT2D eigenvalue weighted by Gasteiger charge is -2.03. The average Bonchev–Trinajstić information content (AvgIpc) is 2.47. The molecule has 0 saturated carbocycles. The Morgan fingerprint density at radius 3 is 2.33 bits per heavy atom. The molecule has 0 spiro atoms. The van der Waals surface area contributed by atoms with Gasteiger partial charge in [0.15, 0.2) is 0 Å². The Bertz CT molecular complexity index is 460. The van der Waals surface area contributed by atoms with Gasteiger partial charge >= 0.3 is 0 Å². The largest absolute Gasteiger partial charge is 0.382 e. The highest BCUT2D eigenvalue weighted by molar-refractivity contribution is 5.46. The van der Waals surface area contributed by atoms with E-state index < -0.39 is 0 Å². The molecule has 78 valence electrons. The first-order valence-electron chi connectivity index (χ1n) is 4.60. The molecule has 5 nitrogen and oxygen atoms in total. The van der Waals surface area contributed by atoms with Gasteiger partial charge < -0.3 is 17.3 Å². The Hall–Kier alpha value is -2.17. The second kappa shape index (κ2) is 3.53. The summed E-state index contributed by atoms with van der Waals surface area (Å²) in [6.45, 7) is 0. The zero-order chi connectivity index (χ0) is 10.8. The maximum absolute atomic E-state index is 5.70. The zero-order valence-electron chi connectivity index (χ0n) is 8.22. The quantitative estimate of drug-likeness (QED) is 0.614. The van der Waals surface area contributed by atoms with E-state index in [1.54, 1.807) is 0 Å². The van der Waals surface area contributed by atoms with E-state index in [2.05, 4.69) is 4.98 Å². The van der Waals surface area contributed by atoms with Crippen molar-refractivity contribution in [1.29, 1.82) is 0 Å². The van der Waals surface area contributed by atoms with Gasteiger partial charge in [0.25, 0.3) is 0 Å². The molecule has 15 heavy (non-hydrogen) atoms. The van der Waals surface area contributed by atoms with Crippen LogP contribution in [0.25, 0.3) is 0 Å². The van der Waals surface area contributed by atoms with E-state index in [0.717, 1.165) is 11.3 Å². The number of nitrogens with zero attached hydrogens (tertiary/aromatic N) is 2. The fourth-order valence-electron chi connectivity index (χ4n) is 1.47. The van der Waals surface area contributed by atoms with Crippen LogP contribution in [0.15, 0.2) is 30.3 Å². The predicted molar refractivity (Wildman–Crippen MR) is 60.5 cm³/mol. The molecular formula is C10H13N5. The number of nitrogen functional groups attached to an aromatic ring is 3.